The quantitative estimate of drug-likeness (QED) is 0.907. The van der Waals surface area contributed by atoms with E-state index in [0.717, 1.165) is 43.9 Å². The summed E-state index contributed by atoms with van der Waals surface area (Å²) in [4.78, 5) is 14.9. The lowest BCUT2D eigenvalue weighted by atomic mass is 9.82. The van der Waals surface area contributed by atoms with E-state index in [2.05, 4.69) is 33.0 Å². The number of rotatable bonds is 3. The van der Waals surface area contributed by atoms with E-state index in [-0.39, 0.29) is 17.5 Å². The molecule has 1 N–H and O–H groups in total. The highest BCUT2D eigenvalue weighted by atomic mass is 16.5. The number of likely N-dealkylation sites (tertiary alicyclic amines) is 1. The van der Waals surface area contributed by atoms with Crippen molar-refractivity contribution in [3.63, 3.8) is 0 Å². The number of urea groups is 1. The zero-order chi connectivity index (χ0) is 17.8. The predicted molar refractivity (Wildman–Crippen MR) is 95.3 cm³/mol. The maximum Gasteiger partial charge on any atom is 0.318 e. The Kier molecular flexibility index (Phi) is 4.10. The highest BCUT2D eigenvalue weighted by molar-refractivity contribution is 5.75. The number of furan rings is 1. The molecule has 1 aromatic rings. The summed E-state index contributed by atoms with van der Waals surface area (Å²) in [7, 11) is 0. The molecule has 25 heavy (non-hydrogen) atoms. The molecule has 2 bridgehead atoms. The normalized spacial score (nSPS) is 32.1. The van der Waals surface area contributed by atoms with Gasteiger partial charge in [0, 0.05) is 31.3 Å². The minimum absolute atomic E-state index is 0.0307. The molecule has 0 unspecified atom stereocenters. The molecule has 0 aliphatic carbocycles. The molecule has 4 heterocycles. The third kappa shape index (κ3) is 2.97. The van der Waals surface area contributed by atoms with E-state index in [1.54, 1.807) is 0 Å². The average Bonchev–Trinajstić information content (AvgIpc) is 3.32. The topological polar surface area (TPSA) is 54.7 Å². The van der Waals surface area contributed by atoms with Crippen LogP contribution in [-0.2, 0) is 11.2 Å². The van der Waals surface area contributed by atoms with Gasteiger partial charge in [0.25, 0.3) is 0 Å². The Labute approximate surface area is 150 Å². The van der Waals surface area contributed by atoms with E-state index in [4.69, 9.17) is 9.15 Å². The summed E-state index contributed by atoms with van der Waals surface area (Å²) in [5, 5.41) is 3.24. The van der Waals surface area contributed by atoms with Crippen LogP contribution in [0, 0.1) is 17.3 Å². The van der Waals surface area contributed by atoms with Gasteiger partial charge in [0.2, 0.25) is 0 Å². The van der Waals surface area contributed by atoms with Crippen LogP contribution in [0.1, 0.15) is 58.1 Å². The maximum atomic E-state index is 12.9. The first kappa shape index (κ1) is 17.0. The third-order valence-corrected chi connectivity index (χ3v) is 6.19. The Morgan fingerprint density at radius 3 is 2.40 bits per heavy atom. The molecular weight excluding hydrogens is 316 g/mol. The monoisotopic (exact) mass is 346 g/mol. The number of ether oxygens (including phenoxy) is 1. The van der Waals surface area contributed by atoms with Crippen LogP contribution in [0.3, 0.4) is 0 Å². The van der Waals surface area contributed by atoms with Crippen molar-refractivity contribution < 1.29 is 13.9 Å². The molecule has 1 aromatic heterocycles. The second-order valence-electron chi connectivity index (χ2n) is 8.93. The zero-order valence-corrected chi connectivity index (χ0v) is 15.7. The van der Waals surface area contributed by atoms with Crippen molar-refractivity contribution in [2.45, 2.75) is 65.2 Å². The molecule has 3 fully saturated rings. The molecule has 2 amide bonds. The molecule has 3 aliphatic heterocycles. The van der Waals surface area contributed by atoms with Crippen LogP contribution < -0.4 is 5.32 Å². The SMILES string of the molecule is CCc1ccc([C@H](NC(=O)N2C[C@H]3[C@H](C2)[C@H]2CC[C@H]3O2)C(C)(C)C)o1. The van der Waals surface area contributed by atoms with E-state index in [0.29, 0.717) is 24.0 Å². The van der Waals surface area contributed by atoms with Crippen molar-refractivity contribution in [2.24, 2.45) is 17.3 Å². The van der Waals surface area contributed by atoms with Crippen LogP contribution in [0.4, 0.5) is 4.79 Å². The fourth-order valence-corrected chi connectivity index (χ4v) is 4.79. The summed E-state index contributed by atoms with van der Waals surface area (Å²) in [6, 6.07) is 3.91. The summed E-state index contributed by atoms with van der Waals surface area (Å²) in [6.07, 6.45) is 3.95. The second kappa shape index (κ2) is 6.04. The van der Waals surface area contributed by atoms with Gasteiger partial charge in [-0.3, -0.25) is 0 Å². The number of nitrogens with one attached hydrogen (secondary N) is 1. The molecule has 4 rings (SSSR count). The smallest absolute Gasteiger partial charge is 0.318 e. The molecule has 5 atom stereocenters. The van der Waals surface area contributed by atoms with Crippen LogP contribution in [0.25, 0.3) is 0 Å². The molecule has 0 radical (unpaired) electrons. The average molecular weight is 346 g/mol. The van der Waals surface area contributed by atoms with Gasteiger partial charge < -0.3 is 19.4 Å². The third-order valence-electron chi connectivity index (χ3n) is 6.19. The van der Waals surface area contributed by atoms with Crippen LogP contribution in [-0.4, -0.2) is 36.2 Å². The second-order valence-corrected chi connectivity index (χ2v) is 8.93. The first-order chi connectivity index (χ1) is 11.9. The van der Waals surface area contributed by atoms with Gasteiger partial charge in [-0.15, -0.1) is 0 Å². The van der Waals surface area contributed by atoms with E-state index in [1.165, 1.54) is 0 Å². The number of amides is 2. The van der Waals surface area contributed by atoms with Gasteiger partial charge in [-0.1, -0.05) is 27.7 Å². The van der Waals surface area contributed by atoms with Gasteiger partial charge in [0.1, 0.15) is 11.5 Å². The van der Waals surface area contributed by atoms with Crippen molar-refractivity contribution in [1.29, 1.82) is 0 Å². The Morgan fingerprint density at radius 1 is 1.24 bits per heavy atom. The molecule has 3 aliphatic rings. The van der Waals surface area contributed by atoms with E-state index in [9.17, 15) is 4.79 Å². The van der Waals surface area contributed by atoms with Crippen LogP contribution in [0.5, 0.6) is 0 Å². The fourth-order valence-electron chi connectivity index (χ4n) is 4.79. The lowest BCUT2D eigenvalue weighted by molar-refractivity contribution is 0.0731. The van der Waals surface area contributed by atoms with Gasteiger partial charge in [-0.25, -0.2) is 4.79 Å². The van der Waals surface area contributed by atoms with Crippen molar-refractivity contribution in [2.75, 3.05) is 13.1 Å². The largest absolute Gasteiger partial charge is 0.464 e. The van der Waals surface area contributed by atoms with E-state index < -0.39 is 0 Å². The Balaban J connectivity index is 1.46. The summed E-state index contributed by atoms with van der Waals surface area (Å²) >= 11 is 0. The fraction of sp³-hybridized carbons (Fsp3) is 0.750. The van der Waals surface area contributed by atoms with E-state index in [1.807, 2.05) is 17.0 Å². The number of fused-ring (bicyclic) bond motifs is 5. The molecule has 0 spiro atoms. The number of hydrogen-bond donors (Lipinski definition) is 1. The van der Waals surface area contributed by atoms with E-state index >= 15 is 0 Å². The minimum atomic E-state index is -0.131. The Bertz CT molecular complexity index is 630. The predicted octanol–water partition coefficient (Wildman–Crippen LogP) is 3.75. The van der Waals surface area contributed by atoms with Gasteiger partial charge in [0.15, 0.2) is 0 Å². The molecule has 3 saturated heterocycles. The number of nitrogens with zero attached hydrogens (tertiary/aromatic N) is 1. The van der Waals surface area contributed by atoms with Crippen molar-refractivity contribution in [3.8, 4) is 0 Å². The Morgan fingerprint density at radius 2 is 1.88 bits per heavy atom. The van der Waals surface area contributed by atoms with Crippen LogP contribution >= 0.6 is 0 Å². The first-order valence-corrected chi connectivity index (χ1v) is 9.66. The van der Waals surface area contributed by atoms with Gasteiger partial charge in [-0.05, 0) is 30.4 Å². The van der Waals surface area contributed by atoms with Gasteiger partial charge in [0.05, 0.1) is 18.2 Å². The van der Waals surface area contributed by atoms with Crippen molar-refractivity contribution in [1.82, 2.24) is 10.2 Å². The number of carbonyl (C=O) groups is 1. The van der Waals surface area contributed by atoms with Crippen LogP contribution in [0.2, 0.25) is 0 Å². The van der Waals surface area contributed by atoms with Crippen molar-refractivity contribution in [3.05, 3.63) is 23.7 Å². The lowest BCUT2D eigenvalue weighted by Crippen LogP contribution is -2.44. The molecule has 0 saturated carbocycles. The van der Waals surface area contributed by atoms with Crippen LogP contribution in [0.15, 0.2) is 16.5 Å². The number of hydrogen-bond acceptors (Lipinski definition) is 3. The number of aryl methyl sites for hydroxylation is 1. The molecule has 5 heteroatoms. The summed E-state index contributed by atoms with van der Waals surface area (Å²) in [5.74, 6) is 2.88. The highest BCUT2D eigenvalue weighted by Gasteiger charge is 2.54. The molecule has 0 aromatic carbocycles. The summed E-state index contributed by atoms with van der Waals surface area (Å²) in [6.45, 7) is 10.1. The summed E-state index contributed by atoms with van der Waals surface area (Å²) < 4.78 is 12.0. The highest BCUT2D eigenvalue weighted by Crippen LogP contribution is 2.47. The molecule has 138 valence electrons. The lowest BCUT2D eigenvalue weighted by Gasteiger charge is -2.32. The minimum Gasteiger partial charge on any atom is -0.464 e. The Hall–Kier alpha value is -1.49. The molecule has 5 nitrogen and oxygen atoms in total. The maximum absolute atomic E-state index is 12.9. The van der Waals surface area contributed by atoms with Gasteiger partial charge in [-0.2, -0.15) is 0 Å². The zero-order valence-electron chi connectivity index (χ0n) is 15.7. The standard InChI is InChI=1S/C20H30N2O3/c1-5-12-6-7-17(24-12)18(20(2,3)4)21-19(23)22-10-13-14(11-22)16-9-8-15(13)25-16/h6-7,13-16,18H,5,8-11H2,1-4H3,(H,21,23)/t13-,14-,15+,16+,18-/m0/s1. The van der Waals surface area contributed by atoms with Gasteiger partial charge >= 0.3 is 6.03 Å². The molecular formula is C20H30N2O3. The first-order valence-electron chi connectivity index (χ1n) is 9.66. The van der Waals surface area contributed by atoms with Crippen molar-refractivity contribution >= 4 is 6.03 Å². The number of carbonyl (C=O) groups excluding carboxylic acids is 1. The summed E-state index contributed by atoms with van der Waals surface area (Å²) in [5.41, 5.74) is -0.115.